The fraction of sp³-hybridized carbons (Fsp3) is 0.600. The van der Waals surface area contributed by atoms with Crippen LogP contribution in [0, 0.1) is 0 Å². The molecule has 0 atom stereocenters. The minimum atomic E-state index is 0.219. The highest BCUT2D eigenvalue weighted by molar-refractivity contribution is 7.99. The highest BCUT2D eigenvalue weighted by atomic mass is 32.2. The van der Waals surface area contributed by atoms with Gasteiger partial charge in [-0.25, -0.2) is 4.98 Å². The summed E-state index contributed by atoms with van der Waals surface area (Å²) in [6, 6.07) is 0. The average Bonchev–Trinajstić information content (AvgIpc) is 2.67. The largest absolute Gasteiger partial charge is 0.297 e. The normalized spacial score (nSPS) is 20.6. The predicted octanol–water partition coefficient (Wildman–Crippen LogP) is 2.74. The molecular formula is C10H13NOS2. The summed E-state index contributed by atoms with van der Waals surface area (Å²) >= 11 is 3.56. The van der Waals surface area contributed by atoms with Gasteiger partial charge in [-0.05, 0) is 24.3 Å². The van der Waals surface area contributed by atoms with E-state index in [9.17, 15) is 4.79 Å². The molecule has 1 saturated heterocycles. The Bertz CT molecular complexity index is 329. The Morgan fingerprint density at radius 3 is 2.79 bits per heavy atom. The number of nitrogens with zero attached hydrogens (tertiary/aromatic N) is 1. The molecule has 0 unspecified atom stereocenters. The van der Waals surface area contributed by atoms with Crippen LogP contribution in [-0.2, 0) is 5.41 Å². The van der Waals surface area contributed by atoms with E-state index in [1.54, 1.807) is 17.5 Å². The second-order valence-corrected chi connectivity index (χ2v) is 6.15. The fourth-order valence-electron chi connectivity index (χ4n) is 1.66. The van der Waals surface area contributed by atoms with Crippen molar-refractivity contribution in [1.82, 2.24) is 4.98 Å². The third-order valence-corrected chi connectivity index (χ3v) is 4.97. The van der Waals surface area contributed by atoms with Crippen LogP contribution in [0.3, 0.4) is 0 Å². The smallest absolute Gasteiger partial charge is 0.161 e. The van der Waals surface area contributed by atoms with Gasteiger partial charge in [-0.15, -0.1) is 11.3 Å². The summed E-state index contributed by atoms with van der Waals surface area (Å²) in [5.74, 6) is 2.43. The van der Waals surface area contributed by atoms with E-state index in [-0.39, 0.29) is 5.41 Å². The first-order valence-corrected chi connectivity index (χ1v) is 6.71. The standard InChI is InChI=1S/C10H13NOS2/c1-10(2-4-13-5-3-10)9-11-6-8(7-12)14-9/h6-7H,2-5H2,1H3. The van der Waals surface area contributed by atoms with E-state index < -0.39 is 0 Å². The van der Waals surface area contributed by atoms with Gasteiger partial charge in [-0.1, -0.05) is 6.92 Å². The molecule has 0 amide bonds. The molecular weight excluding hydrogens is 214 g/mol. The molecule has 1 aliphatic heterocycles. The maximum Gasteiger partial charge on any atom is 0.161 e. The van der Waals surface area contributed by atoms with Crippen molar-refractivity contribution < 1.29 is 4.79 Å². The number of aromatic nitrogens is 1. The molecule has 0 aromatic carbocycles. The van der Waals surface area contributed by atoms with Crippen molar-refractivity contribution in [2.24, 2.45) is 0 Å². The summed E-state index contributed by atoms with van der Waals surface area (Å²) < 4.78 is 0. The number of hydrogen-bond acceptors (Lipinski definition) is 4. The van der Waals surface area contributed by atoms with Gasteiger partial charge < -0.3 is 0 Å². The minimum absolute atomic E-state index is 0.219. The SMILES string of the molecule is CC1(c2ncc(C=O)s2)CCSCC1. The van der Waals surface area contributed by atoms with E-state index in [1.807, 2.05) is 11.8 Å². The Morgan fingerprint density at radius 1 is 1.50 bits per heavy atom. The Hall–Kier alpha value is -0.350. The van der Waals surface area contributed by atoms with Crippen molar-refractivity contribution in [3.8, 4) is 0 Å². The van der Waals surface area contributed by atoms with E-state index in [0.717, 1.165) is 16.2 Å². The number of carbonyl (C=O) groups is 1. The third kappa shape index (κ3) is 1.86. The number of carbonyl (C=O) groups excluding carboxylic acids is 1. The van der Waals surface area contributed by atoms with E-state index in [0.29, 0.717) is 0 Å². The molecule has 2 nitrogen and oxygen atoms in total. The summed E-state index contributed by atoms with van der Waals surface area (Å²) in [5.41, 5.74) is 0.219. The molecule has 0 N–H and O–H groups in total. The molecule has 14 heavy (non-hydrogen) atoms. The quantitative estimate of drug-likeness (QED) is 0.728. The molecule has 0 saturated carbocycles. The zero-order chi connectivity index (χ0) is 10.0. The number of aldehydes is 1. The summed E-state index contributed by atoms with van der Waals surface area (Å²) in [7, 11) is 0. The number of rotatable bonds is 2. The van der Waals surface area contributed by atoms with Crippen LogP contribution in [0.2, 0.25) is 0 Å². The molecule has 1 aliphatic rings. The lowest BCUT2D eigenvalue weighted by Crippen LogP contribution is -2.26. The first-order chi connectivity index (χ1) is 6.74. The first-order valence-electron chi connectivity index (χ1n) is 4.74. The molecule has 2 rings (SSSR count). The van der Waals surface area contributed by atoms with Gasteiger partial charge in [-0.3, -0.25) is 4.79 Å². The Morgan fingerprint density at radius 2 is 2.21 bits per heavy atom. The van der Waals surface area contributed by atoms with Gasteiger partial charge in [0.25, 0.3) is 0 Å². The molecule has 0 bridgehead atoms. The molecule has 1 fully saturated rings. The van der Waals surface area contributed by atoms with Gasteiger partial charge >= 0.3 is 0 Å². The minimum Gasteiger partial charge on any atom is -0.297 e. The number of thioether (sulfide) groups is 1. The van der Waals surface area contributed by atoms with Crippen LogP contribution in [0.1, 0.15) is 34.4 Å². The summed E-state index contributed by atoms with van der Waals surface area (Å²) in [6.45, 7) is 2.26. The van der Waals surface area contributed by atoms with Gasteiger partial charge in [0, 0.05) is 11.6 Å². The molecule has 76 valence electrons. The Balaban J connectivity index is 2.23. The van der Waals surface area contributed by atoms with Gasteiger partial charge in [0.1, 0.15) is 0 Å². The lowest BCUT2D eigenvalue weighted by atomic mass is 9.85. The zero-order valence-corrected chi connectivity index (χ0v) is 9.79. The van der Waals surface area contributed by atoms with Crippen LogP contribution in [0.15, 0.2) is 6.20 Å². The van der Waals surface area contributed by atoms with Gasteiger partial charge in [0.2, 0.25) is 0 Å². The molecule has 2 heterocycles. The van der Waals surface area contributed by atoms with Gasteiger partial charge in [0.15, 0.2) is 6.29 Å². The van der Waals surface area contributed by atoms with Crippen LogP contribution in [0.5, 0.6) is 0 Å². The average molecular weight is 227 g/mol. The molecule has 1 aromatic rings. The molecule has 4 heteroatoms. The summed E-state index contributed by atoms with van der Waals surface area (Å²) in [5, 5.41) is 1.14. The fourth-order valence-corrected chi connectivity index (χ4v) is 3.98. The Labute approximate surface area is 92.1 Å². The second kappa shape index (κ2) is 4.03. The predicted molar refractivity (Wildman–Crippen MR) is 61.4 cm³/mol. The summed E-state index contributed by atoms with van der Waals surface area (Å²) in [6.07, 6.45) is 4.95. The maximum atomic E-state index is 10.6. The third-order valence-electron chi connectivity index (χ3n) is 2.75. The maximum absolute atomic E-state index is 10.6. The van der Waals surface area contributed by atoms with Crippen LogP contribution >= 0.6 is 23.1 Å². The molecule has 0 aliphatic carbocycles. The zero-order valence-electron chi connectivity index (χ0n) is 8.16. The van der Waals surface area contributed by atoms with Crippen molar-refractivity contribution in [2.45, 2.75) is 25.2 Å². The van der Waals surface area contributed by atoms with Crippen molar-refractivity contribution in [3.63, 3.8) is 0 Å². The van der Waals surface area contributed by atoms with Crippen molar-refractivity contribution in [3.05, 3.63) is 16.1 Å². The van der Waals surface area contributed by atoms with E-state index in [2.05, 4.69) is 11.9 Å². The first kappa shape index (κ1) is 10.2. The van der Waals surface area contributed by atoms with Crippen LogP contribution in [0.25, 0.3) is 0 Å². The molecule has 0 radical (unpaired) electrons. The van der Waals surface area contributed by atoms with Gasteiger partial charge in [-0.2, -0.15) is 11.8 Å². The van der Waals surface area contributed by atoms with Crippen LogP contribution in [-0.4, -0.2) is 22.8 Å². The number of hydrogen-bond donors (Lipinski definition) is 0. The monoisotopic (exact) mass is 227 g/mol. The van der Waals surface area contributed by atoms with Crippen LogP contribution < -0.4 is 0 Å². The lowest BCUT2D eigenvalue weighted by molar-refractivity contribution is 0.112. The van der Waals surface area contributed by atoms with Crippen LogP contribution in [0.4, 0.5) is 0 Å². The van der Waals surface area contributed by atoms with Crippen molar-refractivity contribution in [2.75, 3.05) is 11.5 Å². The molecule has 1 aromatic heterocycles. The highest BCUT2D eigenvalue weighted by Gasteiger charge is 2.31. The highest BCUT2D eigenvalue weighted by Crippen LogP contribution is 2.39. The van der Waals surface area contributed by atoms with Gasteiger partial charge in [0.05, 0.1) is 9.88 Å². The van der Waals surface area contributed by atoms with E-state index >= 15 is 0 Å². The second-order valence-electron chi connectivity index (χ2n) is 3.86. The van der Waals surface area contributed by atoms with Crippen molar-refractivity contribution in [1.29, 1.82) is 0 Å². The molecule has 0 spiro atoms. The number of thiazole rings is 1. The Kier molecular flexibility index (Phi) is 2.93. The van der Waals surface area contributed by atoms with Crippen molar-refractivity contribution >= 4 is 29.4 Å². The van der Waals surface area contributed by atoms with E-state index in [4.69, 9.17) is 0 Å². The van der Waals surface area contributed by atoms with E-state index in [1.165, 1.54) is 24.3 Å². The lowest BCUT2D eigenvalue weighted by Gasteiger charge is -2.30. The summed E-state index contributed by atoms with van der Waals surface area (Å²) in [4.78, 5) is 15.7. The topological polar surface area (TPSA) is 30.0 Å².